The van der Waals surface area contributed by atoms with Crippen molar-refractivity contribution >= 4 is 5.91 Å². The van der Waals surface area contributed by atoms with Crippen LogP contribution in [0.1, 0.15) is 5.56 Å². The van der Waals surface area contributed by atoms with E-state index in [-0.39, 0.29) is 18.3 Å². The molecule has 2 aromatic carbocycles. The van der Waals surface area contributed by atoms with E-state index in [1.165, 1.54) is 6.07 Å². The second-order valence-corrected chi connectivity index (χ2v) is 5.61. The number of benzene rings is 2. The summed E-state index contributed by atoms with van der Waals surface area (Å²) >= 11 is 0. The average Bonchev–Trinajstić information content (AvgIpc) is 2.61. The van der Waals surface area contributed by atoms with Crippen LogP contribution < -0.4 is 14.8 Å². The molecule has 0 atom stereocenters. The molecule has 134 valence electrons. The third-order valence-electron chi connectivity index (χ3n) is 3.56. The van der Waals surface area contributed by atoms with Crippen LogP contribution in [0.3, 0.4) is 0 Å². The molecular formula is C19H23FN2O3. The van der Waals surface area contributed by atoms with E-state index in [2.05, 4.69) is 5.32 Å². The van der Waals surface area contributed by atoms with Crippen LogP contribution in [0.5, 0.6) is 11.5 Å². The molecule has 5 nitrogen and oxygen atoms in total. The molecule has 25 heavy (non-hydrogen) atoms. The number of hydrogen-bond acceptors (Lipinski definition) is 4. The minimum absolute atomic E-state index is 0.137. The Bertz CT molecular complexity index is 694. The highest BCUT2D eigenvalue weighted by molar-refractivity contribution is 5.77. The Kier molecular flexibility index (Phi) is 7.22. The first-order valence-electron chi connectivity index (χ1n) is 8.04. The summed E-state index contributed by atoms with van der Waals surface area (Å²) < 4.78 is 24.4. The monoisotopic (exact) mass is 346 g/mol. The zero-order valence-corrected chi connectivity index (χ0v) is 14.5. The topological polar surface area (TPSA) is 50.8 Å². The van der Waals surface area contributed by atoms with Gasteiger partial charge in [0.1, 0.15) is 12.4 Å². The number of nitrogens with zero attached hydrogens (tertiary/aromatic N) is 1. The van der Waals surface area contributed by atoms with Gasteiger partial charge in [-0.2, -0.15) is 0 Å². The van der Waals surface area contributed by atoms with Crippen LogP contribution in [0.2, 0.25) is 0 Å². The number of ether oxygens (including phenoxy) is 2. The van der Waals surface area contributed by atoms with E-state index >= 15 is 0 Å². The fourth-order valence-electron chi connectivity index (χ4n) is 2.36. The Labute approximate surface area is 147 Å². The standard InChI is InChI=1S/C19H23FN2O3/c1-22(13-15-7-3-4-8-16(15)20)14-19(23)21-11-12-25-18-10-6-5-9-17(18)24-2/h3-10H,11-14H2,1-2H3,(H,21,23). The summed E-state index contributed by atoms with van der Waals surface area (Å²) in [6.45, 7) is 1.27. The fourth-order valence-corrected chi connectivity index (χ4v) is 2.36. The summed E-state index contributed by atoms with van der Waals surface area (Å²) in [6.07, 6.45) is 0. The van der Waals surface area contributed by atoms with Gasteiger partial charge < -0.3 is 14.8 Å². The average molecular weight is 346 g/mol. The van der Waals surface area contributed by atoms with Crippen molar-refractivity contribution in [3.05, 3.63) is 59.9 Å². The van der Waals surface area contributed by atoms with Gasteiger partial charge in [-0.1, -0.05) is 30.3 Å². The molecule has 6 heteroatoms. The number of carbonyl (C=O) groups is 1. The van der Waals surface area contributed by atoms with E-state index in [0.29, 0.717) is 36.8 Å². The van der Waals surface area contributed by atoms with Gasteiger partial charge in [0.25, 0.3) is 0 Å². The number of carbonyl (C=O) groups excluding carboxylic acids is 1. The quantitative estimate of drug-likeness (QED) is 0.709. The summed E-state index contributed by atoms with van der Waals surface area (Å²) in [5, 5.41) is 2.78. The van der Waals surface area contributed by atoms with Gasteiger partial charge in [-0.25, -0.2) is 4.39 Å². The molecule has 0 spiro atoms. The van der Waals surface area contributed by atoms with Gasteiger partial charge in [0.2, 0.25) is 5.91 Å². The number of hydrogen-bond donors (Lipinski definition) is 1. The summed E-state index contributed by atoms with van der Waals surface area (Å²) in [5.74, 6) is 0.886. The van der Waals surface area contributed by atoms with Crippen molar-refractivity contribution < 1.29 is 18.7 Å². The first-order chi connectivity index (χ1) is 12.1. The molecular weight excluding hydrogens is 323 g/mol. The maximum absolute atomic E-state index is 13.6. The van der Waals surface area contributed by atoms with Crippen molar-refractivity contribution in [1.82, 2.24) is 10.2 Å². The van der Waals surface area contributed by atoms with Crippen molar-refractivity contribution in [2.45, 2.75) is 6.54 Å². The lowest BCUT2D eigenvalue weighted by Gasteiger charge is -2.17. The molecule has 0 fully saturated rings. The normalized spacial score (nSPS) is 10.6. The highest BCUT2D eigenvalue weighted by Gasteiger charge is 2.09. The van der Waals surface area contributed by atoms with Crippen LogP contribution in [-0.2, 0) is 11.3 Å². The van der Waals surface area contributed by atoms with E-state index in [9.17, 15) is 9.18 Å². The molecule has 0 aromatic heterocycles. The molecule has 2 aromatic rings. The lowest BCUT2D eigenvalue weighted by Crippen LogP contribution is -2.36. The number of nitrogens with one attached hydrogen (secondary N) is 1. The van der Waals surface area contributed by atoms with Crippen molar-refractivity contribution in [1.29, 1.82) is 0 Å². The largest absolute Gasteiger partial charge is 0.493 e. The first kappa shape index (κ1) is 18.7. The predicted molar refractivity (Wildman–Crippen MR) is 94.2 cm³/mol. The lowest BCUT2D eigenvalue weighted by atomic mass is 10.2. The van der Waals surface area contributed by atoms with Gasteiger partial charge in [-0.15, -0.1) is 0 Å². The molecule has 0 aliphatic rings. The second-order valence-electron chi connectivity index (χ2n) is 5.61. The SMILES string of the molecule is COc1ccccc1OCCNC(=O)CN(C)Cc1ccccc1F. The summed E-state index contributed by atoms with van der Waals surface area (Å²) in [7, 11) is 3.35. The number of para-hydroxylation sites is 2. The van der Waals surface area contributed by atoms with Crippen molar-refractivity contribution in [2.24, 2.45) is 0 Å². The van der Waals surface area contributed by atoms with Gasteiger partial charge in [0.15, 0.2) is 11.5 Å². The maximum Gasteiger partial charge on any atom is 0.234 e. The molecule has 2 rings (SSSR count). The van der Waals surface area contributed by atoms with E-state index in [0.717, 1.165) is 0 Å². The molecule has 1 N–H and O–H groups in total. The van der Waals surface area contributed by atoms with Crippen LogP contribution in [0.4, 0.5) is 4.39 Å². The number of methoxy groups -OCH3 is 1. The molecule has 1 amide bonds. The second kappa shape index (κ2) is 9.64. The smallest absolute Gasteiger partial charge is 0.234 e. The predicted octanol–water partition coefficient (Wildman–Crippen LogP) is 2.46. The minimum atomic E-state index is -0.264. The molecule has 0 bridgehead atoms. The van der Waals surface area contributed by atoms with Gasteiger partial charge in [-0.05, 0) is 25.2 Å². The molecule has 0 aliphatic carbocycles. The van der Waals surface area contributed by atoms with Gasteiger partial charge in [0.05, 0.1) is 20.2 Å². The molecule has 0 heterocycles. The van der Waals surface area contributed by atoms with Crippen LogP contribution in [0.15, 0.2) is 48.5 Å². The van der Waals surface area contributed by atoms with Gasteiger partial charge >= 0.3 is 0 Å². The fraction of sp³-hybridized carbons (Fsp3) is 0.316. The lowest BCUT2D eigenvalue weighted by molar-refractivity contribution is -0.122. The summed E-state index contributed by atoms with van der Waals surface area (Å²) in [4.78, 5) is 13.7. The number of halogens is 1. The van der Waals surface area contributed by atoms with Crippen molar-refractivity contribution in [2.75, 3.05) is 33.9 Å². The minimum Gasteiger partial charge on any atom is -0.493 e. The van der Waals surface area contributed by atoms with E-state index in [1.54, 1.807) is 37.3 Å². The van der Waals surface area contributed by atoms with Gasteiger partial charge in [0, 0.05) is 12.1 Å². The van der Waals surface area contributed by atoms with Gasteiger partial charge in [-0.3, -0.25) is 9.69 Å². The Morgan fingerprint density at radius 2 is 1.80 bits per heavy atom. The van der Waals surface area contributed by atoms with Crippen molar-refractivity contribution in [3.63, 3.8) is 0 Å². The zero-order valence-electron chi connectivity index (χ0n) is 14.5. The molecule has 0 saturated carbocycles. The Morgan fingerprint density at radius 3 is 2.52 bits per heavy atom. The molecule has 0 saturated heterocycles. The number of amides is 1. The Morgan fingerprint density at radius 1 is 1.12 bits per heavy atom. The van der Waals surface area contributed by atoms with Crippen LogP contribution in [-0.4, -0.2) is 44.7 Å². The third kappa shape index (κ3) is 6.08. The van der Waals surface area contributed by atoms with E-state index in [1.807, 2.05) is 24.3 Å². The van der Waals surface area contributed by atoms with Crippen molar-refractivity contribution in [3.8, 4) is 11.5 Å². The highest BCUT2D eigenvalue weighted by Crippen LogP contribution is 2.25. The number of rotatable bonds is 9. The van der Waals surface area contributed by atoms with E-state index in [4.69, 9.17) is 9.47 Å². The summed E-state index contributed by atoms with van der Waals surface area (Å²) in [6, 6.07) is 13.9. The highest BCUT2D eigenvalue weighted by atomic mass is 19.1. The Balaban J connectivity index is 1.69. The Hall–Kier alpha value is -2.60. The van der Waals surface area contributed by atoms with E-state index < -0.39 is 0 Å². The molecule has 0 unspecified atom stereocenters. The van der Waals surface area contributed by atoms with Crippen LogP contribution in [0.25, 0.3) is 0 Å². The molecule has 0 aliphatic heterocycles. The summed E-state index contributed by atoms with van der Waals surface area (Å²) in [5.41, 5.74) is 0.567. The first-order valence-corrected chi connectivity index (χ1v) is 8.04. The van der Waals surface area contributed by atoms with Crippen LogP contribution >= 0.6 is 0 Å². The number of likely N-dealkylation sites (N-methyl/N-ethyl adjacent to an activating group) is 1. The molecule has 0 radical (unpaired) electrons. The zero-order chi connectivity index (χ0) is 18.1. The van der Waals surface area contributed by atoms with Crippen LogP contribution in [0, 0.1) is 5.82 Å². The third-order valence-corrected chi connectivity index (χ3v) is 3.56. The maximum atomic E-state index is 13.6.